The third-order valence-electron chi connectivity index (χ3n) is 3.56. The second kappa shape index (κ2) is 10.4. The molecule has 0 saturated heterocycles. The van der Waals surface area contributed by atoms with Crippen LogP contribution in [0.2, 0.25) is 5.02 Å². The minimum atomic E-state index is -0.178. The summed E-state index contributed by atoms with van der Waals surface area (Å²) < 4.78 is 16.2. The van der Waals surface area contributed by atoms with Gasteiger partial charge in [0.05, 0.1) is 20.2 Å². The molecule has 2 aromatic carbocycles. The summed E-state index contributed by atoms with van der Waals surface area (Å²) in [6, 6.07) is 14.2. The molecular formula is C19H23ClN2O4. The number of ether oxygens (including phenoxy) is 3. The van der Waals surface area contributed by atoms with E-state index in [0.29, 0.717) is 37.1 Å². The van der Waals surface area contributed by atoms with Crippen molar-refractivity contribution in [3.05, 3.63) is 53.6 Å². The SMILES string of the molecule is COc1ccc(OCCN(C)C(=O)NCCOc2ccc(Cl)cc2)cc1. The highest BCUT2D eigenvalue weighted by molar-refractivity contribution is 6.30. The number of carbonyl (C=O) groups is 1. The maximum absolute atomic E-state index is 12.0. The van der Waals surface area contributed by atoms with E-state index in [1.807, 2.05) is 24.3 Å². The molecule has 0 heterocycles. The molecule has 140 valence electrons. The summed E-state index contributed by atoms with van der Waals surface area (Å²) in [5, 5.41) is 3.45. The Hall–Kier alpha value is -2.60. The van der Waals surface area contributed by atoms with Crippen LogP contribution in [-0.2, 0) is 0 Å². The molecule has 0 atom stereocenters. The number of benzene rings is 2. The first-order chi connectivity index (χ1) is 12.6. The van der Waals surface area contributed by atoms with Gasteiger partial charge in [-0.3, -0.25) is 0 Å². The maximum atomic E-state index is 12.0. The molecule has 0 fully saturated rings. The quantitative estimate of drug-likeness (QED) is 0.679. The van der Waals surface area contributed by atoms with Gasteiger partial charge in [0.2, 0.25) is 0 Å². The number of amides is 2. The Morgan fingerprint density at radius 1 is 0.962 bits per heavy atom. The zero-order valence-electron chi connectivity index (χ0n) is 14.9. The molecule has 0 aliphatic carbocycles. The highest BCUT2D eigenvalue weighted by Gasteiger charge is 2.07. The van der Waals surface area contributed by atoms with Gasteiger partial charge in [-0.25, -0.2) is 4.79 Å². The summed E-state index contributed by atoms with van der Waals surface area (Å²) in [6.45, 7) is 1.65. The molecule has 26 heavy (non-hydrogen) atoms. The van der Waals surface area contributed by atoms with Gasteiger partial charge in [-0.1, -0.05) is 11.6 Å². The first kappa shape index (κ1) is 19.7. The summed E-state index contributed by atoms with van der Waals surface area (Å²) >= 11 is 5.81. The van der Waals surface area contributed by atoms with Gasteiger partial charge in [0, 0.05) is 12.1 Å². The van der Waals surface area contributed by atoms with Gasteiger partial charge in [0.1, 0.15) is 30.5 Å². The van der Waals surface area contributed by atoms with Crippen LogP contribution in [0.4, 0.5) is 4.79 Å². The number of halogens is 1. The van der Waals surface area contributed by atoms with Crippen LogP contribution in [0.25, 0.3) is 0 Å². The van der Waals surface area contributed by atoms with Crippen molar-refractivity contribution in [2.75, 3.05) is 40.5 Å². The van der Waals surface area contributed by atoms with E-state index in [1.54, 1.807) is 43.3 Å². The third-order valence-corrected chi connectivity index (χ3v) is 3.81. The molecule has 0 aliphatic heterocycles. The number of hydrogen-bond donors (Lipinski definition) is 1. The van der Waals surface area contributed by atoms with Crippen molar-refractivity contribution in [3.8, 4) is 17.2 Å². The standard InChI is InChI=1S/C19H23ClN2O4/c1-22(12-14-26-18-9-7-16(24-2)8-10-18)19(23)21-11-13-25-17-5-3-15(20)4-6-17/h3-10H,11-14H2,1-2H3,(H,21,23). The largest absolute Gasteiger partial charge is 0.497 e. The Bertz CT molecular complexity index is 677. The fourth-order valence-corrected chi connectivity index (χ4v) is 2.19. The van der Waals surface area contributed by atoms with Crippen molar-refractivity contribution in [2.24, 2.45) is 0 Å². The Balaban J connectivity index is 1.60. The summed E-state index contributed by atoms with van der Waals surface area (Å²) in [4.78, 5) is 13.6. The number of carbonyl (C=O) groups excluding carboxylic acids is 1. The van der Waals surface area contributed by atoms with Crippen molar-refractivity contribution in [1.29, 1.82) is 0 Å². The molecule has 0 bridgehead atoms. The summed E-state index contributed by atoms with van der Waals surface area (Å²) in [7, 11) is 3.33. The van der Waals surface area contributed by atoms with Gasteiger partial charge in [-0.15, -0.1) is 0 Å². The molecule has 0 saturated carbocycles. The maximum Gasteiger partial charge on any atom is 0.317 e. The average Bonchev–Trinajstić information content (AvgIpc) is 2.67. The molecule has 0 unspecified atom stereocenters. The highest BCUT2D eigenvalue weighted by atomic mass is 35.5. The van der Waals surface area contributed by atoms with Gasteiger partial charge >= 0.3 is 6.03 Å². The molecule has 0 aromatic heterocycles. The third kappa shape index (κ3) is 6.72. The van der Waals surface area contributed by atoms with Crippen LogP contribution in [0.1, 0.15) is 0 Å². The smallest absolute Gasteiger partial charge is 0.317 e. The molecule has 2 amide bonds. The molecule has 2 aromatic rings. The lowest BCUT2D eigenvalue weighted by molar-refractivity contribution is 0.192. The number of urea groups is 1. The van der Waals surface area contributed by atoms with E-state index in [4.69, 9.17) is 25.8 Å². The molecule has 0 spiro atoms. The van der Waals surface area contributed by atoms with E-state index in [-0.39, 0.29) is 6.03 Å². The number of methoxy groups -OCH3 is 1. The van der Waals surface area contributed by atoms with Crippen LogP contribution >= 0.6 is 11.6 Å². The van der Waals surface area contributed by atoms with E-state index in [1.165, 1.54) is 0 Å². The molecule has 1 N–H and O–H groups in total. The minimum Gasteiger partial charge on any atom is -0.497 e. The second-order valence-corrected chi connectivity index (χ2v) is 5.92. The number of nitrogens with zero attached hydrogens (tertiary/aromatic N) is 1. The van der Waals surface area contributed by atoms with Crippen LogP contribution in [-0.4, -0.2) is 51.4 Å². The van der Waals surface area contributed by atoms with Crippen LogP contribution in [0, 0.1) is 0 Å². The van der Waals surface area contributed by atoms with E-state index >= 15 is 0 Å². The summed E-state index contributed by atoms with van der Waals surface area (Å²) in [5.41, 5.74) is 0. The Kier molecular flexibility index (Phi) is 7.89. The normalized spacial score (nSPS) is 10.1. The lowest BCUT2D eigenvalue weighted by atomic mass is 10.3. The summed E-state index contributed by atoms with van der Waals surface area (Å²) in [5.74, 6) is 2.22. The number of nitrogens with one attached hydrogen (secondary N) is 1. The average molecular weight is 379 g/mol. The zero-order valence-corrected chi connectivity index (χ0v) is 15.7. The van der Waals surface area contributed by atoms with Gasteiger partial charge in [0.15, 0.2) is 0 Å². The lowest BCUT2D eigenvalue weighted by Crippen LogP contribution is -2.40. The van der Waals surface area contributed by atoms with Gasteiger partial charge < -0.3 is 24.4 Å². The van der Waals surface area contributed by atoms with Crippen LogP contribution in [0.15, 0.2) is 48.5 Å². The number of likely N-dealkylation sites (N-methyl/N-ethyl adjacent to an activating group) is 1. The van der Waals surface area contributed by atoms with Crippen molar-refractivity contribution in [3.63, 3.8) is 0 Å². The Morgan fingerprint density at radius 3 is 2.12 bits per heavy atom. The zero-order chi connectivity index (χ0) is 18.8. The minimum absolute atomic E-state index is 0.178. The first-order valence-corrected chi connectivity index (χ1v) is 8.60. The van der Waals surface area contributed by atoms with E-state index in [2.05, 4.69) is 5.32 Å². The topological polar surface area (TPSA) is 60.0 Å². The second-order valence-electron chi connectivity index (χ2n) is 5.48. The van der Waals surface area contributed by atoms with Crippen LogP contribution in [0.5, 0.6) is 17.2 Å². The fourth-order valence-electron chi connectivity index (χ4n) is 2.07. The molecular weight excluding hydrogens is 356 g/mol. The first-order valence-electron chi connectivity index (χ1n) is 8.22. The van der Waals surface area contributed by atoms with E-state index in [9.17, 15) is 4.79 Å². The number of hydrogen-bond acceptors (Lipinski definition) is 4. The van der Waals surface area contributed by atoms with Crippen LogP contribution < -0.4 is 19.5 Å². The van der Waals surface area contributed by atoms with E-state index in [0.717, 1.165) is 11.5 Å². The molecule has 0 radical (unpaired) electrons. The van der Waals surface area contributed by atoms with Crippen molar-refractivity contribution >= 4 is 17.6 Å². The van der Waals surface area contributed by atoms with Crippen molar-refractivity contribution in [1.82, 2.24) is 10.2 Å². The highest BCUT2D eigenvalue weighted by Crippen LogP contribution is 2.17. The lowest BCUT2D eigenvalue weighted by Gasteiger charge is -2.18. The Morgan fingerprint density at radius 2 is 1.50 bits per heavy atom. The van der Waals surface area contributed by atoms with Crippen molar-refractivity contribution in [2.45, 2.75) is 0 Å². The van der Waals surface area contributed by atoms with Crippen LogP contribution in [0.3, 0.4) is 0 Å². The fraction of sp³-hybridized carbons (Fsp3) is 0.316. The number of rotatable bonds is 9. The molecule has 7 heteroatoms. The van der Waals surface area contributed by atoms with Gasteiger partial charge in [0.25, 0.3) is 0 Å². The van der Waals surface area contributed by atoms with Crippen molar-refractivity contribution < 1.29 is 19.0 Å². The van der Waals surface area contributed by atoms with E-state index < -0.39 is 0 Å². The Labute approximate surface area is 158 Å². The monoisotopic (exact) mass is 378 g/mol. The summed E-state index contributed by atoms with van der Waals surface area (Å²) in [6.07, 6.45) is 0. The van der Waals surface area contributed by atoms with Gasteiger partial charge in [-0.2, -0.15) is 0 Å². The molecule has 6 nitrogen and oxygen atoms in total. The predicted octanol–water partition coefficient (Wildman–Crippen LogP) is 3.45. The predicted molar refractivity (Wildman–Crippen MR) is 101 cm³/mol. The molecule has 0 aliphatic rings. The van der Waals surface area contributed by atoms with Gasteiger partial charge in [-0.05, 0) is 48.5 Å². The molecule has 2 rings (SSSR count).